The van der Waals surface area contributed by atoms with Crippen LogP contribution in [0.2, 0.25) is 0 Å². The normalized spacial score (nSPS) is 19.0. The number of phenols is 2. The molecule has 1 fully saturated rings. The molecule has 3 nitrogen and oxygen atoms in total. The smallest absolute Gasteiger partial charge is 0.161 e. The van der Waals surface area contributed by atoms with E-state index in [4.69, 9.17) is 0 Å². The van der Waals surface area contributed by atoms with Crippen molar-refractivity contribution in [3.05, 3.63) is 23.8 Å². The number of phenolic OH excluding ortho intramolecular Hbond substituents is 2. The molecule has 3 N–H and O–H groups in total. The third-order valence-corrected chi connectivity index (χ3v) is 4.32. The lowest BCUT2D eigenvalue weighted by Gasteiger charge is -2.24. The van der Waals surface area contributed by atoms with Crippen LogP contribution in [-0.4, -0.2) is 16.3 Å². The van der Waals surface area contributed by atoms with Crippen LogP contribution in [0.15, 0.2) is 18.2 Å². The lowest BCUT2D eigenvalue weighted by atomic mass is 9.93. The second-order valence-corrected chi connectivity index (χ2v) is 5.71. The highest BCUT2D eigenvalue weighted by molar-refractivity contribution is 5.44. The maximum Gasteiger partial charge on any atom is 0.161 e. The molecule has 1 aromatic rings. The van der Waals surface area contributed by atoms with E-state index in [0.29, 0.717) is 12.6 Å². The first-order valence-electron chi connectivity index (χ1n) is 7.41. The van der Waals surface area contributed by atoms with Crippen LogP contribution < -0.4 is 5.32 Å². The van der Waals surface area contributed by atoms with Gasteiger partial charge in [0, 0.05) is 18.2 Å². The van der Waals surface area contributed by atoms with E-state index in [2.05, 4.69) is 12.2 Å². The predicted molar refractivity (Wildman–Crippen MR) is 77.3 cm³/mol. The van der Waals surface area contributed by atoms with Gasteiger partial charge in [-0.1, -0.05) is 37.8 Å². The monoisotopic (exact) mass is 263 g/mol. The Hall–Kier alpha value is -1.22. The summed E-state index contributed by atoms with van der Waals surface area (Å²) in [6.45, 7) is 2.84. The van der Waals surface area contributed by atoms with Gasteiger partial charge in [0.25, 0.3) is 0 Å². The van der Waals surface area contributed by atoms with Gasteiger partial charge in [-0.15, -0.1) is 0 Å². The molecule has 0 saturated heterocycles. The van der Waals surface area contributed by atoms with Crippen molar-refractivity contribution in [1.29, 1.82) is 0 Å². The van der Waals surface area contributed by atoms with E-state index >= 15 is 0 Å². The fraction of sp³-hybridized carbons (Fsp3) is 0.625. The summed E-state index contributed by atoms with van der Waals surface area (Å²) in [5, 5.41) is 22.7. The maximum absolute atomic E-state index is 9.78. The molecular weight excluding hydrogens is 238 g/mol. The van der Waals surface area contributed by atoms with E-state index in [1.54, 1.807) is 6.07 Å². The molecule has 0 spiro atoms. The Balaban J connectivity index is 1.88. The highest BCUT2D eigenvalue weighted by Crippen LogP contribution is 2.29. The minimum Gasteiger partial charge on any atom is -0.504 e. The van der Waals surface area contributed by atoms with Crippen molar-refractivity contribution in [1.82, 2.24) is 5.32 Å². The molecule has 1 saturated carbocycles. The van der Waals surface area contributed by atoms with E-state index < -0.39 is 0 Å². The van der Waals surface area contributed by atoms with E-state index in [1.807, 2.05) is 6.07 Å². The summed E-state index contributed by atoms with van der Waals surface area (Å²) in [7, 11) is 0. The number of nitrogens with one attached hydrogen (secondary N) is 1. The summed E-state index contributed by atoms with van der Waals surface area (Å²) in [6.07, 6.45) is 8.04. The highest BCUT2D eigenvalue weighted by Gasteiger charge is 2.19. The van der Waals surface area contributed by atoms with Crippen LogP contribution in [0.5, 0.6) is 11.5 Å². The van der Waals surface area contributed by atoms with Crippen LogP contribution in [0.4, 0.5) is 0 Å². The van der Waals surface area contributed by atoms with E-state index in [1.165, 1.54) is 44.6 Å². The van der Waals surface area contributed by atoms with Crippen LogP contribution >= 0.6 is 0 Å². The number of rotatable bonds is 4. The van der Waals surface area contributed by atoms with Gasteiger partial charge in [0.1, 0.15) is 0 Å². The number of aromatic hydroxyl groups is 2. The van der Waals surface area contributed by atoms with Crippen molar-refractivity contribution >= 4 is 0 Å². The molecule has 0 heterocycles. The zero-order chi connectivity index (χ0) is 13.7. The van der Waals surface area contributed by atoms with E-state index in [0.717, 1.165) is 11.5 Å². The Morgan fingerprint density at radius 1 is 1.16 bits per heavy atom. The molecule has 0 unspecified atom stereocenters. The Morgan fingerprint density at radius 3 is 2.53 bits per heavy atom. The molecule has 0 radical (unpaired) electrons. The maximum atomic E-state index is 9.78. The van der Waals surface area contributed by atoms with Crippen molar-refractivity contribution in [2.45, 2.75) is 58.0 Å². The molecule has 1 aromatic carbocycles. The summed E-state index contributed by atoms with van der Waals surface area (Å²) in [4.78, 5) is 0. The second-order valence-electron chi connectivity index (χ2n) is 5.71. The first-order valence-corrected chi connectivity index (χ1v) is 7.41. The third kappa shape index (κ3) is 3.87. The fourth-order valence-electron chi connectivity index (χ4n) is 2.97. The quantitative estimate of drug-likeness (QED) is 0.575. The average Bonchev–Trinajstić information content (AvgIpc) is 2.69. The second kappa shape index (κ2) is 6.80. The predicted octanol–water partition coefficient (Wildman–Crippen LogP) is 3.55. The van der Waals surface area contributed by atoms with Crippen LogP contribution in [-0.2, 0) is 6.54 Å². The van der Waals surface area contributed by atoms with Crippen molar-refractivity contribution in [2.75, 3.05) is 0 Å². The first-order chi connectivity index (χ1) is 9.18. The molecule has 2 rings (SSSR count). The summed E-state index contributed by atoms with van der Waals surface area (Å²) in [5.41, 5.74) is 0.764. The molecule has 19 heavy (non-hydrogen) atoms. The van der Waals surface area contributed by atoms with Gasteiger partial charge in [-0.2, -0.15) is 0 Å². The molecule has 0 aromatic heterocycles. The van der Waals surface area contributed by atoms with Crippen molar-refractivity contribution in [2.24, 2.45) is 5.92 Å². The van der Waals surface area contributed by atoms with E-state index in [9.17, 15) is 10.2 Å². The SMILES string of the molecule is C[C@@H](NCc1cccc(O)c1O)C1CCCCCC1. The largest absolute Gasteiger partial charge is 0.504 e. The standard InChI is InChI=1S/C16H25NO2/c1-12(13-7-4-2-3-5-8-13)17-11-14-9-6-10-15(18)16(14)19/h6,9-10,12-13,17-19H,2-5,7-8,11H2,1H3/t12-/m1/s1. The van der Waals surface area contributed by atoms with Crippen LogP contribution in [0.25, 0.3) is 0 Å². The molecule has 3 heteroatoms. The zero-order valence-corrected chi connectivity index (χ0v) is 11.7. The summed E-state index contributed by atoms with van der Waals surface area (Å²) >= 11 is 0. The van der Waals surface area contributed by atoms with Crippen molar-refractivity contribution in [3.8, 4) is 11.5 Å². The molecule has 1 aliphatic rings. The number of hydrogen-bond donors (Lipinski definition) is 3. The number of benzene rings is 1. The van der Waals surface area contributed by atoms with Gasteiger partial charge in [-0.3, -0.25) is 0 Å². The molecule has 1 aliphatic carbocycles. The molecule has 0 amide bonds. The molecule has 0 aliphatic heterocycles. The van der Waals surface area contributed by atoms with Gasteiger partial charge < -0.3 is 15.5 Å². The minimum absolute atomic E-state index is 0.00284. The van der Waals surface area contributed by atoms with Gasteiger partial charge in [0.2, 0.25) is 0 Å². The molecule has 1 atom stereocenters. The number of hydrogen-bond acceptors (Lipinski definition) is 3. The Bertz CT molecular complexity index is 398. The zero-order valence-electron chi connectivity index (χ0n) is 11.7. The van der Waals surface area contributed by atoms with Crippen LogP contribution in [0, 0.1) is 5.92 Å². The third-order valence-electron chi connectivity index (χ3n) is 4.32. The number of para-hydroxylation sites is 1. The lowest BCUT2D eigenvalue weighted by molar-refractivity contribution is 0.333. The van der Waals surface area contributed by atoms with Gasteiger partial charge in [0.05, 0.1) is 0 Å². The lowest BCUT2D eigenvalue weighted by Crippen LogP contribution is -2.32. The van der Waals surface area contributed by atoms with Crippen LogP contribution in [0.1, 0.15) is 51.0 Å². The Kier molecular flexibility index (Phi) is 5.08. The van der Waals surface area contributed by atoms with Gasteiger partial charge in [0.15, 0.2) is 11.5 Å². The van der Waals surface area contributed by atoms with Gasteiger partial charge in [-0.05, 0) is 31.7 Å². The van der Waals surface area contributed by atoms with Crippen LogP contribution in [0.3, 0.4) is 0 Å². The fourth-order valence-corrected chi connectivity index (χ4v) is 2.97. The van der Waals surface area contributed by atoms with Crippen molar-refractivity contribution in [3.63, 3.8) is 0 Å². The average molecular weight is 263 g/mol. The minimum atomic E-state index is -0.0404. The molecular formula is C16H25NO2. The van der Waals surface area contributed by atoms with Gasteiger partial charge in [-0.25, -0.2) is 0 Å². The summed E-state index contributed by atoms with van der Waals surface area (Å²) in [6, 6.07) is 5.58. The Labute approximate surface area is 115 Å². The summed E-state index contributed by atoms with van der Waals surface area (Å²) < 4.78 is 0. The topological polar surface area (TPSA) is 52.5 Å². The highest BCUT2D eigenvalue weighted by atomic mass is 16.3. The van der Waals surface area contributed by atoms with E-state index in [-0.39, 0.29) is 11.5 Å². The molecule has 106 valence electrons. The van der Waals surface area contributed by atoms with Crippen molar-refractivity contribution < 1.29 is 10.2 Å². The molecule has 0 bridgehead atoms. The first kappa shape index (κ1) is 14.2. The summed E-state index contributed by atoms with van der Waals surface area (Å²) in [5.74, 6) is 0.700. The Morgan fingerprint density at radius 2 is 1.84 bits per heavy atom. The van der Waals surface area contributed by atoms with Gasteiger partial charge >= 0.3 is 0 Å².